The van der Waals surface area contributed by atoms with E-state index in [0.717, 1.165) is 31.2 Å². The Labute approximate surface area is 167 Å². The highest BCUT2D eigenvalue weighted by molar-refractivity contribution is 5.64. The molecule has 0 bridgehead atoms. The summed E-state index contributed by atoms with van der Waals surface area (Å²) in [4.78, 5) is 6.64. The first-order valence-corrected chi connectivity index (χ1v) is 10.2. The molecule has 1 saturated carbocycles. The second-order valence-corrected chi connectivity index (χ2v) is 8.97. The highest BCUT2D eigenvalue weighted by atomic mass is 16.3. The van der Waals surface area contributed by atoms with E-state index in [1.54, 1.807) is 13.1 Å². The minimum atomic E-state index is -0.151. The maximum Gasteiger partial charge on any atom is 0.142 e. The number of nitrogens with zero attached hydrogens (tertiary/aromatic N) is 2. The molecule has 3 atom stereocenters. The Bertz CT molecular complexity index is 894. The number of fused-ring (bicyclic) bond motifs is 3. The normalized spacial score (nSPS) is 26.7. The summed E-state index contributed by atoms with van der Waals surface area (Å²) in [5, 5.41) is 20.5. The van der Waals surface area contributed by atoms with Gasteiger partial charge >= 0.3 is 0 Å². The van der Waals surface area contributed by atoms with Crippen LogP contribution in [-0.4, -0.2) is 26.8 Å². The predicted molar refractivity (Wildman–Crippen MR) is 112 cm³/mol. The Morgan fingerprint density at radius 3 is 2.86 bits per heavy atom. The molecule has 0 radical (unpaired) electrons. The molecule has 0 spiro atoms. The molecule has 0 saturated heterocycles. The molecule has 1 aliphatic carbocycles. The Kier molecular flexibility index (Phi) is 4.84. The van der Waals surface area contributed by atoms with Crippen molar-refractivity contribution in [3.8, 4) is 5.75 Å². The van der Waals surface area contributed by atoms with E-state index < -0.39 is 0 Å². The van der Waals surface area contributed by atoms with Crippen molar-refractivity contribution in [3.05, 3.63) is 52.3 Å². The summed E-state index contributed by atoms with van der Waals surface area (Å²) in [5.74, 6) is 0.594. The van der Waals surface area contributed by atoms with Gasteiger partial charge in [-0.2, -0.15) is 0 Å². The summed E-state index contributed by atoms with van der Waals surface area (Å²) in [7, 11) is 0. The molecular weight excluding hydrogens is 350 g/mol. The first-order chi connectivity index (χ1) is 13.3. The Morgan fingerprint density at radius 2 is 2.11 bits per heavy atom. The maximum atomic E-state index is 10.7. The maximum absolute atomic E-state index is 10.7. The monoisotopic (exact) mass is 381 g/mol. The molecule has 1 aromatic heterocycles. The molecule has 2 heterocycles. The lowest BCUT2D eigenvalue weighted by Crippen LogP contribution is -2.38. The first kappa shape index (κ1) is 19.2. The molecule has 5 heteroatoms. The van der Waals surface area contributed by atoms with Crippen LogP contribution in [0.3, 0.4) is 0 Å². The molecule has 0 amide bonds. The second kappa shape index (κ2) is 7.05. The number of aliphatic hydroxyl groups is 1. The van der Waals surface area contributed by atoms with Gasteiger partial charge in [0.15, 0.2) is 0 Å². The molecule has 1 fully saturated rings. The predicted octanol–water partition coefficient (Wildman–Crippen LogP) is 3.66. The molecule has 2 aromatic rings. The van der Waals surface area contributed by atoms with E-state index in [9.17, 15) is 10.2 Å². The third-order valence-electron chi connectivity index (χ3n) is 6.62. The molecule has 4 rings (SSSR count). The minimum absolute atomic E-state index is 0.125. The highest BCUT2D eigenvalue weighted by Gasteiger charge is 2.43. The van der Waals surface area contributed by atoms with Crippen LogP contribution in [0.4, 0.5) is 5.69 Å². The largest absolute Gasteiger partial charge is 0.506 e. The summed E-state index contributed by atoms with van der Waals surface area (Å²) in [6.07, 6.45) is 5.88. The summed E-state index contributed by atoms with van der Waals surface area (Å²) in [6, 6.07) is 7.03. The number of aromatic nitrogens is 1. The fraction of sp³-hybridized carbons (Fsp3) is 0.522. The van der Waals surface area contributed by atoms with E-state index in [2.05, 4.69) is 41.9 Å². The van der Waals surface area contributed by atoms with E-state index in [-0.39, 0.29) is 17.9 Å². The second-order valence-electron chi connectivity index (χ2n) is 8.97. The fourth-order valence-electron chi connectivity index (χ4n) is 5.13. The number of aryl methyl sites for hydroxylation is 2. The topological polar surface area (TPSA) is 82.6 Å². The summed E-state index contributed by atoms with van der Waals surface area (Å²) >= 11 is 0. The van der Waals surface area contributed by atoms with Gasteiger partial charge in [0.1, 0.15) is 5.75 Å². The number of benzene rings is 1. The van der Waals surface area contributed by atoms with Gasteiger partial charge in [-0.1, -0.05) is 17.7 Å². The van der Waals surface area contributed by atoms with E-state index in [4.69, 9.17) is 5.73 Å². The molecule has 150 valence electrons. The quantitative estimate of drug-likeness (QED) is 0.756. The van der Waals surface area contributed by atoms with Gasteiger partial charge in [-0.25, -0.2) is 0 Å². The third-order valence-corrected chi connectivity index (χ3v) is 6.62. The summed E-state index contributed by atoms with van der Waals surface area (Å²) in [6.45, 7) is 6.56. The lowest BCUT2D eigenvalue weighted by molar-refractivity contribution is 0.278. The number of aromatic hydroxyl groups is 1. The van der Waals surface area contributed by atoms with Crippen molar-refractivity contribution in [2.24, 2.45) is 5.73 Å². The number of rotatable bonds is 3. The zero-order chi connectivity index (χ0) is 20.1. The van der Waals surface area contributed by atoms with Gasteiger partial charge in [-0.15, -0.1) is 0 Å². The van der Waals surface area contributed by atoms with Crippen LogP contribution in [-0.2, 0) is 13.2 Å². The number of pyridine rings is 1. The van der Waals surface area contributed by atoms with Crippen LogP contribution in [0.5, 0.6) is 5.75 Å². The molecule has 1 aromatic carbocycles. The fourth-order valence-corrected chi connectivity index (χ4v) is 5.13. The van der Waals surface area contributed by atoms with E-state index in [1.165, 1.54) is 16.8 Å². The van der Waals surface area contributed by atoms with Crippen LogP contribution in [0.25, 0.3) is 0 Å². The van der Waals surface area contributed by atoms with E-state index in [0.29, 0.717) is 29.8 Å². The van der Waals surface area contributed by atoms with Crippen molar-refractivity contribution in [2.75, 3.05) is 4.90 Å². The van der Waals surface area contributed by atoms with Crippen LogP contribution < -0.4 is 10.6 Å². The Hall–Kier alpha value is -2.11. The molecular formula is C23H31N3O2. The molecule has 4 N–H and O–H groups in total. The van der Waals surface area contributed by atoms with Gasteiger partial charge in [0.05, 0.1) is 12.3 Å². The van der Waals surface area contributed by atoms with Gasteiger partial charge in [0.2, 0.25) is 0 Å². The van der Waals surface area contributed by atoms with Crippen molar-refractivity contribution in [1.82, 2.24) is 4.98 Å². The summed E-state index contributed by atoms with van der Waals surface area (Å²) < 4.78 is 0. The van der Waals surface area contributed by atoms with Gasteiger partial charge in [-0.3, -0.25) is 4.98 Å². The third kappa shape index (κ3) is 3.27. The summed E-state index contributed by atoms with van der Waals surface area (Å²) in [5.41, 5.74) is 12.4. The molecule has 1 aliphatic heterocycles. The lowest BCUT2D eigenvalue weighted by Gasteiger charge is -2.31. The van der Waals surface area contributed by atoms with Crippen molar-refractivity contribution < 1.29 is 10.2 Å². The number of aliphatic hydroxyl groups excluding tert-OH is 1. The zero-order valence-corrected chi connectivity index (χ0v) is 17.1. The van der Waals surface area contributed by atoms with Gasteiger partial charge < -0.3 is 20.8 Å². The number of hydrogen-bond acceptors (Lipinski definition) is 5. The van der Waals surface area contributed by atoms with Crippen LogP contribution in [0, 0.1) is 13.8 Å². The van der Waals surface area contributed by atoms with E-state index >= 15 is 0 Å². The van der Waals surface area contributed by atoms with Crippen molar-refractivity contribution >= 4 is 5.69 Å². The van der Waals surface area contributed by atoms with Crippen molar-refractivity contribution in [1.29, 1.82) is 0 Å². The molecule has 28 heavy (non-hydrogen) atoms. The smallest absolute Gasteiger partial charge is 0.142 e. The van der Waals surface area contributed by atoms with Crippen LogP contribution >= 0.6 is 0 Å². The minimum Gasteiger partial charge on any atom is -0.506 e. The number of hydrogen-bond donors (Lipinski definition) is 3. The number of nitrogens with two attached hydrogens (primary N) is 1. The lowest BCUT2D eigenvalue weighted by atomic mass is 9.83. The Balaban J connectivity index is 1.79. The SMILES string of the molecule is Cc1ccc2c(c1)[C@H]1CC(C)(N)CCC[C@@H]1N2Cc1c(CO)cnc(C)c1O. The molecule has 5 nitrogen and oxygen atoms in total. The van der Waals surface area contributed by atoms with Crippen LogP contribution in [0.1, 0.15) is 66.5 Å². The Morgan fingerprint density at radius 1 is 1.32 bits per heavy atom. The van der Waals surface area contributed by atoms with Crippen molar-refractivity contribution in [3.63, 3.8) is 0 Å². The molecule has 1 unspecified atom stereocenters. The number of anilines is 1. The highest BCUT2D eigenvalue weighted by Crippen LogP contribution is 2.49. The van der Waals surface area contributed by atoms with Crippen LogP contribution in [0.15, 0.2) is 24.4 Å². The average molecular weight is 382 g/mol. The van der Waals surface area contributed by atoms with Crippen LogP contribution in [0.2, 0.25) is 0 Å². The van der Waals surface area contributed by atoms with E-state index in [1.807, 2.05) is 0 Å². The standard InChI is InChI=1S/C23H31N3O2/c1-14-6-7-21-17(9-14)18-10-23(3,24)8-4-5-20(18)26(21)12-19-16(13-27)11-25-15(2)22(19)28/h6-7,9,11,18,20,27-28H,4-5,8,10,12-13,24H2,1-3H3/t18-,20+,23?/m1/s1. The molecule has 2 aliphatic rings. The average Bonchev–Trinajstić information content (AvgIpc) is 2.80. The van der Waals surface area contributed by atoms with Crippen molar-refractivity contribution in [2.45, 2.75) is 77.1 Å². The zero-order valence-electron chi connectivity index (χ0n) is 17.1. The van der Waals surface area contributed by atoms with Gasteiger partial charge in [-0.05, 0) is 58.1 Å². The van der Waals surface area contributed by atoms with Gasteiger partial charge in [0, 0.05) is 47.1 Å². The van der Waals surface area contributed by atoms with Gasteiger partial charge in [0.25, 0.3) is 0 Å². The first-order valence-electron chi connectivity index (χ1n) is 10.2.